The van der Waals surface area contributed by atoms with Gasteiger partial charge in [-0.15, -0.1) is 0 Å². The molecule has 0 bridgehead atoms. The fourth-order valence-corrected chi connectivity index (χ4v) is 2.88. The van der Waals surface area contributed by atoms with E-state index in [2.05, 4.69) is 17.6 Å². The Morgan fingerprint density at radius 1 is 1.19 bits per heavy atom. The van der Waals surface area contributed by atoms with Crippen LogP contribution in [-0.2, 0) is 4.79 Å². The number of carbonyl (C=O) groups is 2. The predicted molar refractivity (Wildman–Crippen MR) is 82.3 cm³/mol. The van der Waals surface area contributed by atoms with Crippen LogP contribution in [0, 0.1) is 5.41 Å². The number of carbonyl (C=O) groups excluding carboxylic acids is 1. The number of hydrogen-bond acceptors (Lipinski definition) is 3. The van der Waals surface area contributed by atoms with E-state index in [4.69, 9.17) is 0 Å². The number of nitrogens with zero attached hydrogens (tertiary/aromatic N) is 1. The van der Waals surface area contributed by atoms with Crippen molar-refractivity contribution >= 4 is 12.0 Å². The maximum Gasteiger partial charge on any atom is 0.317 e. The molecule has 0 atom stereocenters. The van der Waals surface area contributed by atoms with Gasteiger partial charge in [-0.3, -0.25) is 4.79 Å². The number of amides is 2. The van der Waals surface area contributed by atoms with Crippen LogP contribution in [0.25, 0.3) is 0 Å². The van der Waals surface area contributed by atoms with Crippen LogP contribution in [0.1, 0.15) is 46.0 Å². The molecule has 2 amide bonds. The molecule has 6 heteroatoms. The van der Waals surface area contributed by atoms with E-state index in [0.29, 0.717) is 38.9 Å². The van der Waals surface area contributed by atoms with E-state index in [-0.39, 0.29) is 6.03 Å². The van der Waals surface area contributed by atoms with Crippen LogP contribution in [-0.4, -0.2) is 54.7 Å². The second kappa shape index (κ2) is 8.87. The van der Waals surface area contributed by atoms with Crippen LogP contribution in [0.4, 0.5) is 4.79 Å². The fourth-order valence-electron chi connectivity index (χ4n) is 2.88. The summed E-state index contributed by atoms with van der Waals surface area (Å²) in [6, 6.07) is -0.0676. The SMILES string of the molecule is CCCC1(C(=O)O)CCN(C(=O)NCCCNCC)CC1. The molecule has 0 aromatic heterocycles. The number of likely N-dealkylation sites (tertiary alicyclic amines) is 1. The molecule has 6 nitrogen and oxygen atoms in total. The topological polar surface area (TPSA) is 81.7 Å². The van der Waals surface area contributed by atoms with E-state index in [1.165, 1.54) is 0 Å². The first-order valence-electron chi connectivity index (χ1n) is 8.02. The summed E-state index contributed by atoms with van der Waals surface area (Å²) in [5.74, 6) is -0.713. The summed E-state index contributed by atoms with van der Waals surface area (Å²) in [5, 5.41) is 15.6. The quantitative estimate of drug-likeness (QED) is 0.595. The molecular weight excluding hydrogens is 270 g/mol. The Hall–Kier alpha value is -1.30. The van der Waals surface area contributed by atoms with Gasteiger partial charge in [0.15, 0.2) is 0 Å². The Morgan fingerprint density at radius 3 is 2.38 bits per heavy atom. The lowest BCUT2D eigenvalue weighted by atomic mass is 9.75. The van der Waals surface area contributed by atoms with E-state index in [9.17, 15) is 14.7 Å². The van der Waals surface area contributed by atoms with Crippen molar-refractivity contribution < 1.29 is 14.7 Å². The lowest BCUT2D eigenvalue weighted by Crippen LogP contribution is -2.49. The lowest BCUT2D eigenvalue weighted by molar-refractivity contribution is -0.152. The molecule has 1 aliphatic rings. The van der Waals surface area contributed by atoms with Crippen LogP contribution < -0.4 is 10.6 Å². The van der Waals surface area contributed by atoms with Crippen molar-refractivity contribution in [2.24, 2.45) is 5.41 Å². The zero-order chi connectivity index (χ0) is 15.7. The van der Waals surface area contributed by atoms with Crippen molar-refractivity contribution in [3.05, 3.63) is 0 Å². The molecule has 1 heterocycles. The van der Waals surface area contributed by atoms with E-state index < -0.39 is 11.4 Å². The number of carboxylic acid groups (broad SMARTS) is 1. The highest BCUT2D eigenvalue weighted by atomic mass is 16.4. The van der Waals surface area contributed by atoms with Gasteiger partial charge in [-0.25, -0.2) is 4.79 Å². The first kappa shape index (κ1) is 17.8. The second-order valence-electron chi connectivity index (χ2n) is 5.76. The van der Waals surface area contributed by atoms with Crippen molar-refractivity contribution in [2.45, 2.75) is 46.0 Å². The smallest absolute Gasteiger partial charge is 0.317 e. The first-order chi connectivity index (χ1) is 10.1. The molecule has 0 aromatic carbocycles. The summed E-state index contributed by atoms with van der Waals surface area (Å²) >= 11 is 0. The first-order valence-corrected chi connectivity index (χ1v) is 8.02. The Morgan fingerprint density at radius 2 is 1.86 bits per heavy atom. The van der Waals surface area contributed by atoms with Crippen LogP contribution in [0.2, 0.25) is 0 Å². The average Bonchev–Trinajstić information content (AvgIpc) is 2.47. The minimum atomic E-state index is -0.713. The van der Waals surface area contributed by atoms with Gasteiger partial charge in [0.2, 0.25) is 0 Å². The van der Waals surface area contributed by atoms with Gasteiger partial charge >= 0.3 is 12.0 Å². The Kier molecular flexibility index (Phi) is 7.50. The van der Waals surface area contributed by atoms with E-state index in [1.54, 1.807) is 4.90 Å². The summed E-state index contributed by atoms with van der Waals surface area (Å²) < 4.78 is 0. The highest BCUT2D eigenvalue weighted by molar-refractivity contribution is 5.77. The minimum Gasteiger partial charge on any atom is -0.481 e. The molecule has 0 aromatic rings. The van der Waals surface area contributed by atoms with Crippen LogP contribution in [0.3, 0.4) is 0 Å². The molecule has 1 rings (SSSR count). The van der Waals surface area contributed by atoms with Crippen molar-refractivity contribution in [1.29, 1.82) is 0 Å². The standard InChI is InChI=1S/C15H29N3O3/c1-3-6-15(13(19)20)7-11-18(12-8-15)14(21)17-10-5-9-16-4-2/h16H,3-12H2,1-2H3,(H,17,21)(H,19,20). The third-order valence-corrected chi connectivity index (χ3v) is 4.25. The molecule has 1 aliphatic heterocycles. The lowest BCUT2D eigenvalue weighted by Gasteiger charge is -2.38. The van der Waals surface area contributed by atoms with E-state index >= 15 is 0 Å². The largest absolute Gasteiger partial charge is 0.481 e. The zero-order valence-corrected chi connectivity index (χ0v) is 13.3. The maximum absolute atomic E-state index is 12.0. The van der Waals surface area contributed by atoms with Gasteiger partial charge in [0.1, 0.15) is 0 Å². The highest BCUT2D eigenvalue weighted by Gasteiger charge is 2.41. The number of carboxylic acids is 1. The number of urea groups is 1. The minimum absolute atomic E-state index is 0.0676. The van der Waals surface area contributed by atoms with Crippen molar-refractivity contribution in [3.63, 3.8) is 0 Å². The number of nitrogens with one attached hydrogen (secondary N) is 2. The molecular formula is C15H29N3O3. The molecule has 1 fully saturated rings. The molecule has 0 aliphatic carbocycles. The third kappa shape index (κ3) is 5.19. The summed E-state index contributed by atoms with van der Waals surface area (Å²) in [7, 11) is 0. The van der Waals surface area contributed by atoms with Gasteiger partial charge in [0.05, 0.1) is 5.41 Å². The van der Waals surface area contributed by atoms with E-state index in [1.807, 2.05) is 6.92 Å². The summed E-state index contributed by atoms with van der Waals surface area (Å²) in [4.78, 5) is 25.2. The second-order valence-corrected chi connectivity index (χ2v) is 5.76. The molecule has 0 saturated carbocycles. The van der Waals surface area contributed by atoms with Crippen molar-refractivity contribution in [2.75, 3.05) is 32.7 Å². The van der Waals surface area contributed by atoms with Gasteiger partial charge in [-0.05, 0) is 38.8 Å². The van der Waals surface area contributed by atoms with Crippen molar-refractivity contribution in [1.82, 2.24) is 15.5 Å². The van der Waals surface area contributed by atoms with E-state index in [0.717, 1.165) is 25.9 Å². The molecule has 122 valence electrons. The van der Waals surface area contributed by atoms with Gasteiger partial charge in [-0.1, -0.05) is 20.3 Å². The molecule has 0 spiro atoms. The van der Waals surface area contributed by atoms with Crippen LogP contribution in [0.5, 0.6) is 0 Å². The van der Waals surface area contributed by atoms with Crippen LogP contribution in [0.15, 0.2) is 0 Å². The zero-order valence-electron chi connectivity index (χ0n) is 13.3. The number of aliphatic carboxylic acids is 1. The van der Waals surface area contributed by atoms with Gasteiger partial charge in [-0.2, -0.15) is 0 Å². The monoisotopic (exact) mass is 299 g/mol. The number of piperidine rings is 1. The van der Waals surface area contributed by atoms with Gasteiger partial charge in [0.25, 0.3) is 0 Å². The molecule has 21 heavy (non-hydrogen) atoms. The highest BCUT2D eigenvalue weighted by Crippen LogP contribution is 2.36. The average molecular weight is 299 g/mol. The number of hydrogen-bond donors (Lipinski definition) is 3. The van der Waals surface area contributed by atoms with Crippen molar-refractivity contribution in [3.8, 4) is 0 Å². The normalized spacial score (nSPS) is 17.5. The van der Waals surface area contributed by atoms with Gasteiger partial charge < -0.3 is 20.6 Å². The fraction of sp³-hybridized carbons (Fsp3) is 0.867. The molecule has 0 radical (unpaired) electrons. The summed E-state index contributed by atoms with van der Waals surface area (Å²) in [5.41, 5.74) is -0.628. The van der Waals surface area contributed by atoms with Crippen LogP contribution >= 0.6 is 0 Å². The Balaban J connectivity index is 2.34. The summed E-state index contributed by atoms with van der Waals surface area (Å²) in [6.07, 6.45) is 3.58. The molecule has 0 unspecified atom stereocenters. The summed E-state index contributed by atoms with van der Waals surface area (Å²) in [6.45, 7) is 7.62. The Labute approximate surface area is 127 Å². The number of rotatable bonds is 8. The Bertz CT molecular complexity index is 339. The molecule has 3 N–H and O–H groups in total. The predicted octanol–water partition coefficient (Wildman–Crippen LogP) is 1.66. The third-order valence-electron chi connectivity index (χ3n) is 4.25. The van der Waals surface area contributed by atoms with Gasteiger partial charge in [0, 0.05) is 19.6 Å². The molecule has 1 saturated heterocycles. The maximum atomic E-state index is 12.0.